The SMILES string of the molecule is CCOC(=O)c1cc2ccc3c(c2n1C(=O)OC(C)(C)C)O[C@H](C(=O)OCC)CN3Cc1ccccc1. The molecule has 9 heteroatoms. The van der Waals surface area contributed by atoms with E-state index in [1.807, 2.05) is 47.4 Å². The predicted octanol–water partition coefficient (Wildman–Crippen LogP) is 4.93. The van der Waals surface area contributed by atoms with Gasteiger partial charge >= 0.3 is 18.0 Å². The highest BCUT2D eigenvalue weighted by atomic mass is 16.6. The van der Waals surface area contributed by atoms with Crippen LogP contribution < -0.4 is 9.64 Å². The topological polar surface area (TPSA) is 96.3 Å². The molecule has 196 valence electrons. The van der Waals surface area contributed by atoms with E-state index in [4.69, 9.17) is 18.9 Å². The Morgan fingerprint density at radius 2 is 1.70 bits per heavy atom. The standard InChI is InChI=1S/C28H32N2O7/c1-6-34-25(31)21-15-19-13-14-20-24(23(19)30(21)27(33)37-28(3,4)5)36-22(26(32)35-7-2)17-29(20)16-18-11-9-8-10-12-18/h8-15,22H,6-7,16-17H2,1-5H3/t22-/m0/s1. The van der Waals surface area contributed by atoms with Gasteiger partial charge in [0.05, 0.1) is 25.4 Å². The molecule has 0 fully saturated rings. The molecular formula is C28H32N2O7. The number of hydrogen-bond acceptors (Lipinski definition) is 8. The minimum absolute atomic E-state index is 0.0102. The van der Waals surface area contributed by atoms with E-state index in [1.165, 1.54) is 4.57 Å². The Hall–Kier alpha value is -4.01. The first-order valence-corrected chi connectivity index (χ1v) is 12.3. The van der Waals surface area contributed by atoms with E-state index in [0.717, 1.165) is 5.56 Å². The summed E-state index contributed by atoms with van der Waals surface area (Å²) in [5.74, 6) is -0.888. The normalized spacial score (nSPS) is 15.1. The van der Waals surface area contributed by atoms with Crippen LogP contribution in [0.5, 0.6) is 5.75 Å². The molecule has 1 aliphatic rings. The summed E-state index contributed by atoms with van der Waals surface area (Å²) in [4.78, 5) is 41.1. The van der Waals surface area contributed by atoms with Gasteiger partial charge < -0.3 is 23.8 Å². The lowest BCUT2D eigenvalue weighted by Crippen LogP contribution is -2.45. The summed E-state index contributed by atoms with van der Waals surface area (Å²) in [7, 11) is 0. The average Bonchev–Trinajstić information content (AvgIpc) is 3.24. The molecule has 0 amide bonds. The number of hydrogen-bond donors (Lipinski definition) is 0. The van der Waals surface area contributed by atoms with Crippen molar-refractivity contribution in [3.8, 4) is 5.75 Å². The lowest BCUT2D eigenvalue weighted by molar-refractivity contribution is -0.151. The van der Waals surface area contributed by atoms with E-state index < -0.39 is 29.7 Å². The molecule has 0 spiro atoms. The molecule has 1 aromatic heterocycles. The van der Waals surface area contributed by atoms with Gasteiger partial charge in [0.25, 0.3) is 0 Å². The zero-order valence-electron chi connectivity index (χ0n) is 21.8. The average molecular weight is 509 g/mol. The van der Waals surface area contributed by atoms with Crippen LogP contribution >= 0.6 is 0 Å². The molecular weight excluding hydrogens is 476 g/mol. The summed E-state index contributed by atoms with van der Waals surface area (Å²) in [6.45, 7) is 9.74. The molecule has 0 N–H and O–H groups in total. The van der Waals surface area contributed by atoms with Crippen LogP contribution in [0.4, 0.5) is 10.5 Å². The number of benzene rings is 2. The van der Waals surface area contributed by atoms with E-state index in [1.54, 1.807) is 40.7 Å². The largest absolute Gasteiger partial charge is 0.472 e. The molecule has 1 atom stereocenters. The first kappa shape index (κ1) is 26.1. The first-order chi connectivity index (χ1) is 17.6. The number of fused-ring (bicyclic) bond motifs is 3. The zero-order chi connectivity index (χ0) is 26.7. The van der Waals surface area contributed by atoms with E-state index >= 15 is 0 Å². The summed E-state index contributed by atoms with van der Waals surface area (Å²) in [5.41, 5.74) is 1.23. The molecule has 3 aromatic rings. The molecule has 0 aliphatic carbocycles. The molecule has 2 aromatic carbocycles. The fraction of sp³-hybridized carbons (Fsp3) is 0.393. The van der Waals surface area contributed by atoms with E-state index in [2.05, 4.69) is 0 Å². The number of carbonyl (C=O) groups is 3. The highest BCUT2D eigenvalue weighted by molar-refractivity contribution is 6.05. The van der Waals surface area contributed by atoms with Crippen molar-refractivity contribution in [2.45, 2.75) is 52.9 Å². The Morgan fingerprint density at radius 3 is 2.35 bits per heavy atom. The quantitative estimate of drug-likeness (QED) is 0.342. The van der Waals surface area contributed by atoms with Gasteiger partial charge in [-0.15, -0.1) is 0 Å². The van der Waals surface area contributed by atoms with Gasteiger partial charge in [0.1, 0.15) is 16.8 Å². The van der Waals surface area contributed by atoms with Crippen molar-refractivity contribution in [2.24, 2.45) is 0 Å². The van der Waals surface area contributed by atoms with Crippen LogP contribution in [0.3, 0.4) is 0 Å². The molecule has 0 radical (unpaired) electrons. The number of esters is 2. The molecule has 9 nitrogen and oxygen atoms in total. The van der Waals surface area contributed by atoms with Crippen molar-refractivity contribution < 1.29 is 33.3 Å². The molecule has 2 heterocycles. The Balaban J connectivity index is 1.91. The molecule has 0 unspecified atom stereocenters. The van der Waals surface area contributed by atoms with Crippen LogP contribution in [-0.4, -0.2) is 54.1 Å². The minimum atomic E-state index is -0.935. The Bertz CT molecular complexity index is 1310. The van der Waals surface area contributed by atoms with Crippen LogP contribution in [-0.2, 0) is 25.5 Å². The van der Waals surface area contributed by atoms with Gasteiger partial charge in [-0.2, -0.15) is 0 Å². The fourth-order valence-corrected chi connectivity index (χ4v) is 4.26. The zero-order valence-corrected chi connectivity index (χ0v) is 21.8. The van der Waals surface area contributed by atoms with Crippen molar-refractivity contribution in [3.05, 3.63) is 59.8 Å². The predicted molar refractivity (Wildman–Crippen MR) is 138 cm³/mol. The third-order valence-electron chi connectivity index (χ3n) is 5.71. The Morgan fingerprint density at radius 1 is 1.00 bits per heavy atom. The Kier molecular flexibility index (Phi) is 7.42. The number of aromatic nitrogens is 1. The van der Waals surface area contributed by atoms with Crippen molar-refractivity contribution in [3.63, 3.8) is 0 Å². The lowest BCUT2D eigenvalue weighted by Gasteiger charge is -2.35. The second-order valence-corrected chi connectivity index (χ2v) is 9.64. The van der Waals surface area contributed by atoms with Crippen molar-refractivity contribution in [2.75, 3.05) is 24.7 Å². The molecule has 4 rings (SSSR count). The number of anilines is 1. The number of carbonyl (C=O) groups excluding carboxylic acids is 3. The van der Waals surface area contributed by atoms with Gasteiger partial charge in [-0.3, -0.25) is 0 Å². The second kappa shape index (κ2) is 10.5. The van der Waals surface area contributed by atoms with Crippen LogP contribution in [0.2, 0.25) is 0 Å². The number of nitrogens with zero attached hydrogens (tertiary/aromatic N) is 2. The van der Waals surface area contributed by atoms with Crippen molar-refractivity contribution in [1.29, 1.82) is 0 Å². The van der Waals surface area contributed by atoms with Crippen LogP contribution in [0.1, 0.15) is 50.7 Å². The minimum Gasteiger partial charge on any atom is -0.472 e. The molecule has 1 aliphatic heterocycles. The van der Waals surface area contributed by atoms with Gasteiger partial charge in [0.15, 0.2) is 5.75 Å². The smallest absolute Gasteiger partial charge is 0.419 e. The maximum Gasteiger partial charge on any atom is 0.419 e. The van der Waals surface area contributed by atoms with E-state index in [9.17, 15) is 14.4 Å². The maximum atomic E-state index is 13.4. The van der Waals surface area contributed by atoms with Crippen molar-refractivity contribution in [1.82, 2.24) is 4.57 Å². The van der Waals surface area contributed by atoms with Gasteiger partial charge in [0.2, 0.25) is 6.10 Å². The van der Waals surface area contributed by atoms with Gasteiger partial charge in [0, 0.05) is 11.9 Å². The van der Waals surface area contributed by atoms with Gasteiger partial charge in [-0.05, 0) is 52.3 Å². The van der Waals surface area contributed by atoms with E-state index in [-0.39, 0.29) is 25.5 Å². The molecule has 0 saturated carbocycles. The molecule has 0 bridgehead atoms. The Labute approximate surface area is 215 Å². The molecule has 0 saturated heterocycles. The summed E-state index contributed by atoms with van der Waals surface area (Å²) < 4.78 is 23.5. The van der Waals surface area contributed by atoms with Crippen LogP contribution in [0.25, 0.3) is 10.9 Å². The summed E-state index contributed by atoms with van der Waals surface area (Å²) in [6.07, 6.45) is -1.69. The number of ether oxygens (including phenoxy) is 4. The summed E-state index contributed by atoms with van der Waals surface area (Å²) in [5, 5.41) is 0.567. The molecule has 37 heavy (non-hydrogen) atoms. The third kappa shape index (κ3) is 5.55. The monoisotopic (exact) mass is 508 g/mol. The van der Waals surface area contributed by atoms with Gasteiger partial charge in [-0.1, -0.05) is 36.4 Å². The summed E-state index contributed by atoms with van der Waals surface area (Å²) in [6, 6.07) is 15.1. The number of rotatable bonds is 6. The lowest BCUT2D eigenvalue weighted by atomic mass is 10.1. The first-order valence-electron chi connectivity index (χ1n) is 12.3. The van der Waals surface area contributed by atoms with Crippen LogP contribution in [0, 0.1) is 0 Å². The van der Waals surface area contributed by atoms with E-state index in [0.29, 0.717) is 28.9 Å². The second-order valence-electron chi connectivity index (χ2n) is 9.64. The highest BCUT2D eigenvalue weighted by Gasteiger charge is 2.36. The highest BCUT2D eigenvalue weighted by Crippen LogP contribution is 2.42. The van der Waals surface area contributed by atoms with Crippen LogP contribution in [0.15, 0.2) is 48.5 Å². The maximum absolute atomic E-state index is 13.4. The third-order valence-corrected chi connectivity index (χ3v) is 5.71. The van der Waals surface area contributed by atoms with Crippen molar-refractivity contribution >= 4 is 34.6 Å². The fourth-order valence-electron chi connectivity index (χ4n) is 4.26. The summed E-state index contributed by atoms with van der Waals surface area (Å²) >= 11 is 0. The van der Waals surface area contributed by atoms with Gasteiger partial charge in [-0.25, -0.2) is 19.0 Å².